The van der Waals surface area contributed by atoms with Gasteiger partial charge in [0.15, 0.2) is 0 Å². The van der Waals surface area contributed by atoms with Crippen LogP contribution in [0.1, 0.15) is 11.8 Å². The Balaban J connectivity index is 0.000000291. The average Bonchev–Trinajstić information content (AvgIpc) is 2.43. The molecule has 1 aromatic heterocycles. The van der Waals surface area contributed by atoms with Crippen molar-refractivity contribution in [3.63, 3.8) is 0 Å². The number of hydrogen-bond acceptors (Lipinski definition) is 1. The quantitative estimate of drug-likeness (QED) is 0.557. The summed E-state index contributed by atoms with van der Waals surface area (Å²) in [7, 11) is 0. The summed E-state index contributed by atoms with van der Waals surface area (Å²) in [5.74, 6) is 0. The van der Waals surface area contributed by atoms with Crippen molar-refractivity contribution in [2.45, 2.75) is 13.3 Å². The highest BCUT2D eigenvalue weighted by Crippen LogP contribution is 2.07. The molecule has 1 rings (SSSR count). The third-order valence-electron chi connectivity index (χ3n) is 0.929. The van der Waals surface area contributed by atoms with E-state index in [9.17, 15) is 0 Å². The zero-order valence-corrected chi connectivity index (χ0v) is 7.30. The molecule has 0 nitrogen and oxygen atoms in total. The van der Waals surface area contributed by atoms with Gasteiger partial charge in [-0.1, -0.05) is 13.0 Å². The van der Waals surface area contributed by atoms with Crippen LogP contribution in [0.15, 0.2) is 17.5 Å². The number of alkyl halides is 1. The second kappa shape index (κ2) is 6.12. The third-order valence-corrected chi connectivity index (χ3v) is 1.95. The molecular formula is C7H11ClS. The van der Waals surface area contributed by atoms with Crippen molar-refractivity contribution in [2.75, 3.05) is 6.38 Å². The van der Waals surface area contributed by atoms with Gasteiger partial charge in [0, 0.05) is 11.3 Å². The second-order valence-electron chi connectivity index (χ2n) is 1.43. The Bertz CT molecular complexity index is 123. The maximum Gasteiger partial charge on any atom is 0.0108 e. The molecule has 0 saturated heterocycles. The predicted molar refractivity (Wildman–Crippen MR) is 45.5 cm³/mol. The lowest BCUT2D eigenvalue weighted by atomic mass is 10.4. The first kappa shape index (κ1) is 8.99. The van der Waals surface area contributed by atoms with E-state index in [2.05, 4.69) is 36.0 Å². The van der Waals surface area contributed by atoms with Gasteiger partial charge in [-0.15, -0.1) is 22.9 Å². The summed E-state index contributed by atoms with van der Waals surface area (Å²) >= 11 is 6.46. The van der Waals surface area contributed by atoms with Crippen molar-refractivity contribution in [3.8, 4) is 0 Å². The Morgan fingerprint density at radius 2 is 2.22 bits per heavy atom. The van der Waals surface area contributed by atoms with Crippen molar-refractivity contribution in [3.05, 3.63) is 22.4 Å². The molecule has 9 heavy (non-hydrogen) atoms. The van der Waals surface area contributed by atoms with Gasteiger partial charge in [0.25, 0.3) is 0 Å². The van der Waals surface area contributed by atoms with Crippen LogP contribution in [-0.2, 0) is 6.42 Å². The molecule has 1 heterocycles. The van der Waals surface area contributed by atoms with Gasteiger partial charge < -0.3 is 0 Å². The van der Waals surface area contributed by atoms with Gasteiger partial charge in [-0.25, -0.2) is 0 Å². The first-order valence-electron chi connectivity index (χ1n) is 2.83. The lowest BCUT2D eigenvalue weighted by Crippen LogP contribution is -1.63. The van der Waals surface area contributed by atoms with Crippen molar-refractivity contribution >= 4 is 22.9 Å². The Kier molecular flexibility index (Phi) is 6.11. The molecule has 52 valence electrons. The molecule has 0 radical (unpaired) electrons. The zero-order chi connectivity index (χ0) is 7.11. The summed E-state index contributed by atoms with van der Waals surface area (Å²) in [6.07, 6.45) is 2.65. The van der Waals surface area contributed by atoms with Gasteiger partial charge in [0.2, 0.25) is 0 Å². The van der Waals surface area contributed by atoms with Crippen molar-refractivity contribution in [1.29, 1.82) is 0 Å². The first-order valence-corrected chi connectivity index (χ1v) is 4.47. The fourth-order valence-electron chi connectivity index (χ4n) is 0.514. The Hall–Kier alpha value is -0.0100. The van der Waals surface area contributed by atoms with E-state index in [0.717, 1.165) is 0 Å². The van der Waals surface area contributed by atoms with Gasteiger partial charge in [-0.2, -0.15) is 0 Å². The molecule has 2 heteroatoms. The minimum Gasteiger partial charge on any atom is -0.149 e. The molecule has 0 saturated carbocycles. The monoisotopic (exact) mass is 162 g/mol. The van der Waals surface area contributed by atoms with E-state index < -0.39 is 0 Å². The first-order chi connectivity index (χ1) is 4.43. The molecular weight excluding hydrogens is 152 g/mol. The summed E-state index contributed by atoms with van der Waals surface area (Å²) in [6.45, 7) is 2.17. The molecule has 0 aliphatic rings. The summed E-state index contributed by atoms with van der Waals surface area (Å²) in [5.41, 5.74) is 0. The Labute approximate surface area is 65.5 Å². The molecule has 1 aromatic rings. The second-order valence-corrected chi connectivity index (χ2v) is 2.47. The van der Waals surface area contributed by atoms with E-state index in [-0.39, 0.29) is 0 Å². The smallest absolute Gasteiger partial charge is 0.0108 e. The number of halogens is 1. The Morgan fingerprint density at radius 3 is 2.44 bits per heavy atom. The number of rotatable bonds is 1. The zero-order valence-electron chi connectivity index (χ0n) is 5.73. The topological polar surface area (TPSA) is 0 Å². The van der Waals surface area contributed by atoms with Crippen molar-refractivity contribution in [1.82, 2.24) is 0 Å². The van der Waals surface area contributed by atoms with Gasteiger partial charge in [-0.3, -0.25) is 0 Å². The SMILES string of the molecule is CCc1cccs1.CCl. The van der Waals surface area contributed by atoms with E-state index in [4.69, 9.17) is 0 Å². The van der Waals surface area contributed by atoms with Crippen LogP contribution in [0, 0.1) is 0 Å². The van der Waals surface area contributed by atoms with Crippen LogP contribution in [0.5, 0.6) is 0 Å². The minimum atomic E-state index is 1.18. The van der Waals surface area contributed by atoms with E-state index in [1.165, 1.54) is 17.7 Å². The molecule has 0 unspecified atom stereocenters. The largest absolute Gasteiger partial charge is 0.149 e. The maximum atomic E-state index is 4.64. The van der Waals surface area contributed by atoms with E-state index in [1.807, 2.05) is 11.3 Å². The summed E-state index contributed by atoms with van der Waals surface area (Å²) in [4.78, 5) is 1.47. The van der Waals surface area contributed by atoms with Crippen LogP contribution in [0.25, 0.3) is 0 Å². The van der Waals surface area contributed by atoms with Crippen LogP contribution in [0.3, 0.4) is 0 Å². The fourth-order valence-corrected chi connectivity index (χ4v) is 1.17. The number of aryl methyl sites for hydroxylation is 1. The average molecular weight is 163 g/mol. The van der Waals surface area contributed by atoms with Gasteiger partial charge in [0.05, 0.1) is 0 Å². The molecule has 0 aliphatic carbocycles. The lowest BCUT2D eigenvalue weighted by Gasteiger charge is -1.78. The van der Waals surface area contributed by atoms with E-state index in [0.29, 0.717) is 0 Å². The number of thiophene rings is 1. The van der Waals surface area contributed by atoms with Crippen LogP contribution in [0.4, 0.5) is 0 Å². The summed E-state index contributed by atoms with van der Waals surface area (Å²) in [5, 5.41) is 2.11. The normalized spacial score (nSPS) is 7.89. The van der Waals surface area contributed by atoms with Crippen LogP contribution in [-0.4, -0.2) is 6.38 Å². The molecule has 0 N–H and O–H groups in total. The lowest BCUT2D eigenvalue weighted by molar-refractivity contribution is 1.19. The van der Waals surface area contributed by atoms with Gasteiger partial charge >= 0.3 is 0 Å². The molecule has 0 atom stereocenters. The predicted octanol–water partition coefficient (Wildman–Crippen LogP) is 3.17. The molecule has 0 amide bonds. The molecule has 0 spiro atoms. The van der Waals surface area contributed by atoms with Crippen LogP contribution in [0.2, 0.25) is 0 Å². The summed E-state index contributed by atoms with van der Waals surface area (Å²) in [6, 6.07) is 4.24. The highest BCUT2D eigenvalue weighted by atomic mass is 35.5. The molecule has 0 aliphatic heterocycles. The van der Waals surface area contributed by atoms with Gasteiger partial charge in [0.1, 0.15) is 0 Å². The third kappa shape index (κ3) is 3.55. The maximum absolute atomic E-state index is 4.64. The van der Waals surface area contributed by atoms with Crippen LogP contribution >= 0.6 is 22.9 Å². The Morgan fingerprint density at radius 1 is 1.56 bits per heavy atom. The fraction of sp³-hybridized carbons (Fsp3) is 0.429. The standard InChI is InChI=1S/C6H8S.CH3Cl/c1-2-6-4-3-5-7-6;1-2/h3-5H,2H2,1H3;1H3. The van der Waals surface area contributed by atoms with Crippen molar-refractivity contribution in [2.24, 2.45) is 0 Å². The van der Waals surface area contributed by atoms with E-state index >= 15 is 0 Å². The van der Waals surface area contributed by atoms with Crippen molar-refractivity contribution < 1.29 is 0 Å². The van der Waals surface area contributed by atoms with Gasteiger partial charge in [-0.05, 0) is 17.9 Å². The molecule has 0 bridgehead atoms. The summed E-state index contributed by atoms with van der Waals surface area (Å²) < 4.78 is 0. The highest BCUT2D eigenvalue weighted by Gasteiger charge is 1.82. The molecule has 0 fully saturated rings. The van der Waals surface area contributed by atoms with Crippen LogP contribution < -0.4 is 0 Å². The number of hydrogen-bond donors (Lipinski definition) is 0. The minimum absolute atomic E-state index is 1.18. The van der Waals surface area contributed by atoms with E-state index in [1.54, 1.807) is 0 Å². The molecule has 0 aromatic carbocycles. The highest BCUT2D eigenvalue weighted by molar-refractivity contribution is 7.09.